The second-order valence-corrected chi connectivity index (χ2v) is 6.64. The van der Waals surface area contributed by atoms with E-state index < -0.39 is 0 Å². The Balaban J connectivity index is 1.75. The molecule has 0 aliphatic carbocycles. The second-order valence-electron chi connectivity index (χ2n) is 5.70. The van der Waals surface area contributed by atoms with Crippen LogP contribution in [0.5, 0.6) is 11.5 Å². The van der Waals surface area contributed by atoms with E-state index in [2.05, 4.69) is 10.2 Å². The van der Waals surface area contributed by atoms with Gasteiger partial charge >= 0.3 is 0 Å². The molecule has 0 aliphatic rings. The van der Waals surface area contributed by atoms with Gasteiger partial charge in [0.2, 0.25) is 0 Å². The van der Waals surface area contributed by atoms with Gasteiger partial charge in [-0.2, -0.15) is 0 Å². The molecular weight excluding hydrogens is 362 g/mol. The van der Waals surface area contributed by atoms with E-state index in [1.807, 2.05) is 41.8 Å². The first-order valence-electron chi connectivity index (χ1n) is 8.54. The maximum atomic E-state index is 12.6. The summed E-state index contributed by atoms with van der Waals surface area (Å²) in [5, 5.41) is 9.30. The molecule has 0 unspecified atom stereocenters. The fourth-order valence-electron chi connectivity index (χ4n) is 2.70. The zero-order valence-electron chi connectivity index (χ0n) is 15.5. The highest BCUT2D eigenvalue weighted by molar-refractivity contribution is 7.99. The van der Waals surface area contributed by atoms with Gasteiger partial charge in [-0.25, -0.2) is 0 Å². The largest absolute Gasteiger partial charge is 0.493 e. The lowest BCUT2D eigenvalue weighted by atomic mass is 10.1. The average Bonchev–Trinajstić information content (AvgIpc) is 3.14. The molecule has 140 valence electrons. The summed E-state index contributed by atoms with van der Waals surface area (Å²) >= 11 is 1.38. The molecule has 1 heterocycles. The molecule has 0 atom stereocenters. The summed E-state index contributed by atoms with van der Waals surface area (Å²) in [7, 11) is 3.12. The molecule has 27 heavy (non-hydrogen) atoms. The van der Waals surface area contributed by atoms with Gasteiger partial charge in [0.05, 0.1) is 20.0 Å². The lowest BCUT2D eigenvalue weighted by molar-refractivity contribution is 0.102. The van der Waals surface area contributed by atoms with Crippen molar-refractivity contribution >= 4 is 17.5 Å². The van der Waals surface area contributed by atoms with Crippen molar-refractivity contribution in [1.29, 1.82) is 0 Å². The number of aromatic nitrogens is 3. The standard InChI is InChI=1S/C20H21N3O3S/c1-4-23-19(14-8-6-5-7-9-14)21-22-20(23)27-13-16(24)15-10-11-17(25-2)18(12-15)26-3/h5-12H,4,13H2,1-3H3. The lowest BCUT2D eigenvalue weighted by Crippen LogP contribution is -2.06. The summed E-state index contributed by atoms with van der Waals surface area (Å²) in [6, 6.07) is 15.1. The summed E-state index contributed by atoms with van der Waals surface area (Å²) in [6.45, 7) is 2.76. The predicted molar refractivity (Wildman–Crippen MR) is 106 cm³/mol. The van der Waals surface area contributed by atoms with Crippen molar-refractivity contribution in [3.63, 3.8) is 0 Å². The van der Waals surface area contributed by atoms with Gasteiger partial charge in [-0.05, 0) is 25.1 Å². The maximum Gasteiger partial charge on any atom is 0.191 e. The van der Waals surface area contributed by atoms with Crippen LogP contribution in [0.2, 0.25) is 0 Å². The Hall–Kier alpha value is -2.80. The number of hydrogen-bond donors (Lipinski definition) is 0. The highest BCUT2D eigenvalue weighted by atomic mass is 32.2. The molecular formula is C20H21N3O3S. The zero-order valence-corrected chi connectivity index (χ0v) is 16.3. The van der Waals surface area contributed by atoms with Crippen molar-refractivity contribution in [3.8, 4) is 22.9 Å². The first-order valence-corrected chi connectivity index (χ1v) is 9.53. The first kappa shape index (κ1) is 19.0. The molecule has 0 amide bonds. The van der Waals surface area contributed by atoms with Crippen LogP contribution in [0.25, 0.3) is 11.4 Å². The van der Waals surface area contributed by atoms with E-state index in [4.69, 9.17) is 9.47 Å². The van der Waals surface area contributed by atoms with Crippen molar-refractivity contribution in [2.75, 3.05) is 20.0 Å². The number of ketones is 1. The minimum Gasteiger partial charge on any atom is -0.493 e. The number of methoxy groups -OCH3 is 2. The molecule has 0 aliphatic heterocycles. The van der Waals surface area contributed by atoms with Crippen LogP contribution >= 0.6 is 11.8 Å². The molecule has 0 saturated carbocycles. The quantitative estimate of drug-likeness (QED) is 0.433. The van der Waals surface area contributed by atoms with Crippen molar-refractivity contribution in [3.05, 3.63) is 54.1 Å². The minimum absolute atomic E-state index is 0.00660. The molecule has 0 spiro atoms. The van der Waals surface area contributed by atoms with Crippen LogP contribution in [0.3, 0.4) is 0 Å². The Morgan fingerprint density at radius 2 is 1.78 bits per heavy atom. The topological polar surface area (TPSA) is 66.2 Å². The van der Waals surface area contributed by atoms with Crippen LogP contribution in [-0.2, 0) is 6.54 Å². The molecule has 7 heteroatoms. The van der Waals surface area contributed by atoms with E-state index in [1.165, 1.54) is 11.8 Å². The summed E-state index contributed by atoms with van der Waals surface area (Å²) in [6.07, 6.45) is 0. The number of Topliss-reactive ketones (excluding diaryl/α,β-unsaturated/α-hetero) is 1. The Bertz CT molecular complexity index is 925. The van der Waals surface area contributed by atoms with Crippen LogP contribution in [0.4, 0.5) is 0 Å². The number of carbonyl (C=O) groups is 1. The van der Waals surface area contributed by atoms with Gasteiger partial charge in [0, 0.05) is 17.7 Å². The van der Waals surface area contributed by atoms with E-state index in [-0.39, 0.29) is 11.5 Å². The highest BCUT2D eigenvalue weighted by Crippen LogP contribution is 2.29. The van der Waals surface area contributed by atoms with Gasteiger partial charge in [0.1, 0.15) is 0 Å². The summed E-state index contributed by atoms with van der Waals surface area (Å²) in [4.78, 5) is 12.6. The molecule has 0 saturated heterocycles. The highest BCUT2D eigenvalue weighted by Gasteiger charge is 2.16. The van der Waals surface area contributed by atoms with Gasteiger partial charge < -0.3 is 14.0 Å². The van der Waals surface area contributed by atoms with Crippen molar-refractivity contribution in [2.24, 2.45) is 0 Å². The number of ether oxygens (including phenoxy) is 2. The van der Waals surface area contributed by atoms with Crippen LogP contribution in [0.1, 0.15) is 17.3 Å². The first-order chi connectivity index (χ1) is 13.2. The Labute approximate surface area is 162 Å². The summed E-state index contributed by atoms with van der Waals surface area (Å²) < 4.78 is 12.5. The van der Waals surface area contributed by atoms with Crippen LogP contribution < -0.4 is 9.47 Å². The molecule has 6 nitrogen and oxygen atoms in total. The minimum atomic E-state index is -0.00660. The monoisotopic (exact) mass is 383 g/mol. The van der Waals surface area contributed by atoms with Gasteiger partial charge in [-0.15, -0.1) is 10.2 Å². The fraction of sp³-hybridized carbons (Fsp3) is 0.250. The molecule has 0 fully saturated rings. The summed E-state index contributed by atoms with van der Waals surface area (Å²) in [5.41, 5.74) is 1.58. The van der Waals surface area contributed by atoms with Crippen molar-refractivity contribution < 1.29 is 14.3 Å². The number of nitrogens with zero attached hydrogens (tertiary/aromatic N) is 3. The lowest BCUT2D eigenvalue weighted by Gasteiger charge is -2.09. The van der Waals surface area contributed by atoms with Crippen LogP contribution in [0.15, 0.2) is 53.7 Å². The Kier molecular flexibility index (Phi) is 6.13. The van der Waals surface area contributed by atoms with E-state index in [0.29, 0.717) is 17.1 Å². The third kappa shape index (κ3) is 4.14. The molecule has 0 bridgehead atoms. The van der Waals surface area contributed by atoms with Crippen LogP contribution in [0, 0.1) is 0 Å². The van der Waals surface area contributed by atoms with Crippen molar-refractivity contribution in [1.82, 2.24) is 14.8 Å². The zero-order chi connectivity index (χ0) is 19.2. The molecule has 0 N–H and O–H groups in total. The molecule has 1 aromatic heterocycles. The van der Waals surface area contributed by atoms with E-state index in [9.17, 15) is 4.79 Å². The molecule has 3 aromatic rings. The average molecular weight is 383 g/mol. The Morgan fingerprint density at radius 1 is 1.04 bits per heavy atom. The predicted octanol–water partition coefficient (Wildman–Crippen LogP) is 3.96. The Morgan fingerprint density at radius 3 is 2.44 bits per heavy atom. The molecule has 3 rings (SSSR count). The van der Waals surface area contributed by atoms with E-state index >= 15 is 0 Å². The molecule has 0 radical (unpaired) electrons. The van der Waals surface area contributed by atoms with Gasteiger partial charge in [-0.3, -0.25) is 4.79 Å². The maximum absolute atomic E-state index is 12.6. The third-order valence-electron chi connectivity index (χ3n) is 4.10. The van der Waals surface area contributed by atoms with Crippen molar-refractivity contribution in [2.45, 2.75) is 18.6 Å². The summed E-state index contributed by atoms with van der Waals surface area (Å²) in [5.74, 6) is 2.20. The van der Waals surface area contributed by atoms with E-state index in [0.717, 1.165) is 23.1 Å². The number of carbonyl (C=O) groups excluding carboxylic acids is 1. The fourth-order valence-corrected chi connectivity index (χ4v) is 3.60. The normalized spacial score (nSPS) is 10.6. The number of hydrogen-bond acceptors (Lipinski definition) is 6. The van der Waals surface area contributed by atoms with Gasteiger partial charge in [0.25, 0.3) is 0 Å². The van der Waals surface area contributed by atoms with Gasteiger partial charge in [-0.1, -0.05) is 42.1 Å². The number of thioether (sulfide) groups is 1. The number of rotatable bonds is 8. The van der Waals surface area contributed by atoms with Gasteiger partial charge in [0.15, 0.2) is 28.3 Å². The van der Waals surface area contributed by atoms with E-state index in [1.54, 1.807) is 32.4 Å². The SMILES string of the molecule is CCn1c(SCC(=O)c2ccc(OC)c(OC)c2)nnc1-c1ccccc1. The number of benzene rings is 2. The smallest absolute Gasteiger partial charge is 0.191 e. The molecule has 2 aromatic carbocycles. The third-order valence-corrected chi connectivity index (χ3v) is 5.07. The van der Waals surface area contributed by atoms with Crippen LogP contribution in [-0.4, -0.2) is 40.5 Å². The second kappa shape index (κ2) is 8.73.